The maximum atomic E-state index is 13.9. The molecular formula is C37H50N4O6. The summed E-state index contributed by atoms with van der Waals surface area (Å²) in [6.45, 7) is 5.09. The average molecular weight is 647 g/mol. The molecule has 10 nitrogen and oxygen atoms in total. The van der Waals surface area contributed by atoms with Gasteiger partial charge in [0, 0.05) is 51.4 Å². The molecule has 0 N–H and O–H groups in total. The zero-order valence-corrected chi connectivity index (χ0v) is 28.2. The fraction of sp³-hybridized carbons (Fsp3) is 0.595. The van der Waals surface area contributed by atoms with Crippen LogP contribution in [0.25, 0.3) is 0 Å². The molecule has 2 aromatic rings. The van der Waals surface area contributed by atoms with Gasteiger partial charge in [0.1, 0.15) is 6.17 Å². The number of rotatable bonds is 14. The van der Waals surface area contributed by atoms with Crippen molar-refractivity contribution >= 4 is 23.4 Å². The SMILES string of the molecule is COCCCN(C[C@@H]1CCCN2CCCC[C@H]12)C(=O)CCCCCN1C(=O)c2ccccc2N2C(=O)c3c(ccc(OC)c3OC)[C@@H]12. The summed E-state index contributed by atoms with van der Waals surface area (Å²) < 4.78 is 16.4. The molecule has 6 rings (SSSR count). The average Bonchev–Trinajstić information content (AvgIpc) is 3.40. The minimum atomic E-state index is -0.563. The van der Waals surface area contributed by atoms with Gasteiger partial charge < -0.3 is 28.9 Å². The molecule has 254 valence electrons. The van der Waals surface area contributed by atoms with Gasteiger partial charge in [-0.25, -0.2) is 0 Å². The first-order chi connectivity index (χ1) is 23.0. The second kappa shape index (κ2) is 15.1. The van der Waals surface area contributed by atoms with Crippen molar-refractivity contribution in [2.75, 3.05) is 65.6 Å². The summed E-state index contributed by atoms with van der Waals surface area (Å²) in [5.74, 6) is 1.32. The molecule has 3 atom stereocenters. The van der Waals surface area contributed by atoms with Gasteiger partial charge in [0.05, 0.1) is 31.0 Å². The molecule has 2 saturated heterocycles. The third-order valence-corrected chi connectivity index (χ3v) is 10.6. The highest BCUT2D eigenvalue weighted by atomic mass is 16.5. The molecule has 0 unspecified atom stereocenters. The lowest BCUT2D eigenvalue weighted by atomic mass is 9.83. The van der Waals surface area contributed by atoms with Crippen LogP contribution in [0.4, 0.5) is 5.69 Å². The Hall–Kier alpha value is -3.63. The zero-order chi connectivity index (χ0) is 32.9. The summed E-state index contributed by atoms with van der Waals surface area (Å²) in [5, 5.41) is 0. The van der Waals surface area contributed by atoms with Gasteiger partial charge in [0.2, 0.25) is 5.91 Å². The van der Waals surface area contributed by atoms with Crippen molar-refractivity contribution in [3.63, 3.8) is 0 Å². The highest BCUT2D eigenvalue weighted by Gasteiger charge is 2.49. The number of benzene rings is 2. The number of fused-ring (bicyclic) bond motifs is 6. The Bertz CT molecular complexity index is 1450. The van der Waals surface area contributed by atoms with E-state index in [1.54, 1.807) is 36.2 Å². The Morgan fingerprint density at radius 2 is 1.72 bits per heavy atom. The van der Waals surface area contributed by atoms with Gasteiger partial charge >= 0.3 is 0 Å². The minimum Gasteiger partial charge on any atom is -0.493 e. The van der Waals surface area contributed by atoms with E-state index in [4.69, 9.17) is 14.2 Å². The predicted molar refractivity (Wildman–Crippen MR) is 180 cm³/mol. The lowest BCUT2D eigenvalue weighted by Crippen LogP contribution is -2.51. The molecule has 2 fully saturated rings. The van der Waals surface area contributed by atoms with Gasteiger partial charge in [-0.1, -0.05) is 31.0 Å². The van der Waals surface area contributed by atoms with Gasteiger partial charge in [-0.2, -0.15) is 0 Å². The lowest BCUT2D eigenvalue weighted by Gasteiger charge is -2.45. The molecule has 0 aliphatic carbocycles. The van der Waals surface area contributed by atoms with Crippen molar-refractivity contribution in [3.05, 3.63) is 53.1 Å². The number of unbranched alkanes of at least 4 members (excludes halogenated alkanes) is 2. The minimum absolute atomic E-state index is 0.0954. The van der Waals surface area contributed by atoms with E-state index in [9.17, 15) is 14.4 Å². The Morgan fingerprint density at radius 3 is 2.53 bits per heavy atom. The van der Waals surface area contributed by atoms with E-state index in [-0.39, 0.29) is 17.7 Å². The maximum absolute atomic E-state index is 13.9. The number of carbonyl (C=O) groups excluding carboxylic acids is 3. The largest absolute Gasteiger partial charge is 0.493 e. The third kappa shape index (κ3) is 6.59. The van der Waals surface area contributed by atoms with E-state index >= 15 is 0 Å². The van der Waals surface area contributed by atoms with Crippen molar-refractivity contribution < 1.29 is 28.6 Å². The number of hydrogen-bond donors (Lipinski definition) is 0. The molecule has 10 heteroatoms. The fourth-order valence-corrected chi connectivity index (χ4v) is 8.34. The van der Waals surface area contributed by atoms with Gasteiger partial charge in [0.15, 0.2) is 11.5 Å². The number of amides is 3. The molecule has 0 saturated carbocycles. The second-order valence-electron chi connectivity index (χ2n) is 13.3. The summed E-state index contributed by atoms with van der Waals surface area (Å²) in [6.07, 6.45) is 9.32. The van der Waals surface area contributed by atoms with Crippen LogP contribution in [-0.4, -0.2) is 99.1 Å². The van der Waals surface area contributed by atoms with Crippen LogP contribution in [0.2, 0.25) is 0 Å². The number of hydrogen-bond acceptors (Lipinski definition) is 7. The zero-order valence-electron chi connectivity index (χ0n) is 28.2. The topological polar surface area (TPSA) is 91.9 Å². The standard InChI is InChI=1S/C37H50N4O6/c1-45-24-12-22-39(25-26-13-11-21-38-20-10-8-15-29(26)38)32(42)17-5-4-9-23-40-35-28-18-19-31(46-2)34(47-3)33(28)37(44)41(35)30-16-7-6-14-27(30)36(40)43/h6-7,14,16,18-19,26,29,35H,4-5,8-13,15,17,20-25H2,1-3H3/t26-,29+,35-/m0/s1. The smallest absolute Gasteiger partial charge is 0.264 e. The third-order valence-electron chi connectivity index (χ3n) is 10.6. The fourth-order valence-electron chi connectivity index (χ4n) is 8.34. The van der Waals surface area contributed by atoms with E-state index in [1.807, 2.05) is 24.3 Å². The Labute approximate surface area is 278 Å². The number of nitrogens with zero attached hydrogens (tertiary/aromatic N) is 4. The van der Waals surface area contributed by atoms with Crippen LogP contribution >= 0.6 is 0 Å². The van der Waals surface area contributed by atoms with Crippen LogP contribution in [0.15, 0.2) is 36.4 Å². The molecule has 4 aliphatic rings. The summed E-state index contributed by atoms with van der Waals surface area (Å²) in [6, 6.07) is 11.6. The molecule has 0 radical (unpaired) electrons. The number of para-hydroxylation sites is 1. The van der Waals surface area contributed by atoms with E-state index < -0.39 is 6.17 Å². The molecular weight excluding hydrogens is 596 g/mol. The van der Waals surface area contributed by atoms with Crippen LogP contribution in [0.3, 0.4) is 0 Å². The van der Waals surface area contributed by atoms with E-state index in [2.05, 4.69) is 9.80 Å². The second-order valence-corrected chi connectivity index (χ2v) is 13.3. The van der Waals surface area contributed by atoms with Crippen molar-refractivity contribution in [1.29, 1.82) is 0 Å². The van der Waals surface area contributed by atoms with Crippen LogP contribution < -0.4 is 14.4 Å². The summed E-state index contributed by atoms with van der Waals surface area (Å²) >= 11 is 0. The van der Waals surface area contributed by atoms with Crippen molar-refractivity contribution in [2.45, 2.75) is 76.4 Å². The number of piperidine rings is 2. The van der Waals surface area contributed by atoms with Gasteiger partial charge in [0.25, 0.3) is 11.8 Å². The lowest BCUT2D eigenvalue weighted by molar-refractivity contribution is -0.133. The van der Waals surface area contributed by atoms with Crippen molar-refractivity contribution in [3.8, 4) is 11.5 Å². The molecule has 47 heavy (non-hydrogen) atoms. The molecule has 0 spiro atoms. The molecule has 3 amide bonds. The summed E-state index contributed by atoms with van der Waals surface area (Å²) in [5.41, 5.74) is 2.28. The number of anilines is 1. The van der Waals surface area contributed by atoms with Crippen LogP contribution in [-0.2, 0) is 9.53 Å². The van der Waals surface area contributed by atoms with E-state index in [0.717, 1.165) is 44.3 Å². The molecule has 0 aromatic heterocycles. The van der Waals surface area contributed by atoms with Gasteiger partial charge in [-0.3, -0.25) is 19.3 Å². The van der Waals surface area contributed by atoms with Crippen molar-refractivity contribution in [2.24, 2.45) is 5.92 Å². The Kier molecular flexibility index (Phi) is 10.7. The van der Waals surface area contributed by atoms with Crippen LogP contribution in [0.5, 0.6) is 11.5 Å². The van der Waals surface area contributed by atoms with Gasteiger partial charge in [-0.15, -0.1) is 0 Å². The van der Waals surface area contributed by atoms with Crippen molar-refractivity contribution in [1.82, 2.24) is 14.7 Å². The molecule has 4 aliphatic heterocycles. The van der Waals surface area contributed by atoms with E-state index in [0.29, 0.717) is 59.8 Å². The predicted octanol–water partition coefficient (Wildman–Crippen LogP) is 5.51. The van der Waals surface area contributed by atoms with Gasteiger partial charge in [-0.05, 0) is 82.2 Å². The Balaban J connectivity index is 1.11. The number of ether oxygens (including phenoxy) is 3. The highest BCUT2D eigenvalue weighted by molar-refractivity contribution is 6.18. The van der Waals surface area contributed by atoms with E-state index in [1.165, 1.54) is 52.3 Å². The van der Waals surface area contributed by atoms with Crippen LogP contribution in [0, 0.1) is 5.92 Å². The van der Waals surface area contributed by atoms with Crippen LogP contribution in [0.1, 0.15) is 96.7 Å². The monoisotopic (exact) mass is 646 g/mol. The maximum Gasteiger partial charge on any atom is 0.264 e. The quantitative estimate of drug-likeness (QED) is 0.250. The molecule has 4 heterocycles. The first-order valence-electron chi connectivity index (χ1n) is 17.5. The summed E-state index contributed by atoms with van der Waals surface area (Å²) in [7, 11) is 4.79. The molecule has 2 aromatic carbocycles. The number of carbonyl (C=O) groups is 3. The normalized spacial score (nSPS) is 22.0. The first-order valence-corrected chi connectivity index (χ1v) is 17.5. The Morgan fingerprint density at radius 1 is 0.894 bits per heavy atom. The first kappa shape index (κ1) is 33.3. The number of methoxy groups -OCH3 is 3. The highest BCUT2D eigenvalue weighted by Crippen LogP contribution is 2.49. The summed E-state index contributed by atoms with van der Waals surface area (Å²) in [4.78, 5) is 49.7. The molecule has 0 bridgehead atoms.